The van der Waals surface area contributed by atoms with Crippen LogP contribution in [0.2, 0.25) is 0 Å². The Bertz CT molecular complexity index is 1350. The van der Waals surface area contributed by atoms with Gasteiger partial charge in [0.2, 0.25) is 5.95 Å². The zero-order valence-corrected chi connectivity index (χ0v) is 18.5. The molecule has 8 heteroatoms. The molecule has 7 nitrogen and oxygen atoms in total. The number of ether oxygens (including phenoxy) is 1. The first-order valence-electron chi connectivity index (χ1n) is 10.4. The fraction of sp³-hybridized carbons (Fsp3) is 0.0769. The number of rotatable bonds is 7. The van der Waals surface area contributed by atoms with Gasteiger partial charge in [0.15, 0.2) is 11.6 Å². The molecule has 0 bridgehead atoms. The summed E-state index contributed by atoms with van der Waals surface area (Å²) >= 11 is 0. The molecule has 0 radical (unpaired) electrons. The molecule has 4 aromatic rings. The molecule has 0 aliphatic rings. The minimum atomic E-state index is -1.01. The Labute approximate surface area is 195 Å². The molecular formula is C26H21FN4O3. The predicted molar refractivity (Wildman–Crippen MR) is 128 cm³/mol. The van der Waals surface area contributed by atoms with Crippen LogP contribution in [0.4, 0.5) is 16.0 Å². The lowest BCUT2D eigenvalue weighted by Crippen LogP contribution is -2.04. The van der Waals surface area contributed by atoms with Crippen molar-refractivity contribution in [2.24, 2.45) is 0 Å². The van der Waals surface area contributed by atoms with Gasteiger partial charge in [-0.25, -0.2) is 14.2 Å². The second kappa shape index (κ2) is 9.91. The summed E-state index contributed by atoms with van der Waals surface area (Å²) in [5.41, 5.74) is 3.61. The van der Waals surface area contributed by atoms with Crippen molar-refractivity contribution >= 4 is 23.7 Å². The van der Waals surface area contributed by atoms with Crippen molar-refractivity contribution in [2.45, 2.75) is 6.92 Å². The van der Waals surface area contributed by atoms with E-state index in [2.05, 4.69) is 20.3 Å². The normalized spacial score (nSPS) is 10.9. The average Bonchev–Trinajstić information content (AvgIpc) is 2.83. The van der Waals surface area contributed by atoms with Gasteiger partial charge in [0.1, 0.15) is 11.6 Å². The van der Waals surface area contributed by atoms with Gasteiger partial charge in [-0.1, -0.05) is 12.1 Å². The summed E-state index contributed by atoms with van der Waals surface area (Å²) in [6.45, 7) is 1.80. The maximum absolute atomic E-state index is 13.7. The molecule has 0 amide bonds. The van der Waals surface area contributed by atoms with E-state index in [4.69, 9.17) is 9.84 Å². The van der Waals surface area contributed by atoms with Gasteiger partial charge in [-0.05, 0) is 78.7 Å². The number of benzene rings is 3. The standard InChI is InChI=1S/C26H21FN4O3/c1-16-15-19(27)8-13-22(16)25-29-24(18-6-11-21(34-2)12-7-18)30-26(31-25)28-20-9-3-17(4-10-20)5-14-23(32)33/h3-15H,1-2H3,(H,32,33)(H,28,29,30,31)/b14-5+. The van der Waals surface area contributed by atoms with Crippen LogP contribution in [0, 0.1) is 12.7 Å². The Hall–Kier alpha value is -4.59. The minimum Gasteiger partial charge on any atom is -0.497 e. The molecule has 4 rings (SSSR count). The SMILES string of the molecule is COc1ccc(-c2nc(Nc3ccc(/C=C/C(=O)O)cc3)nc(-c3ccc(F)cc3C)n2)cc1. The van der Waals surface area contributed by atoms with E-state index in [1.54, 1.807) is 44.4 Å². The van der Waals surface area contributed by atoms with Gasteiger partial charge < -0.3 is 15.2 Å². The molecule has 170 valence electrons. The molecular weight excluding hydrogens is 435 g/mol. The lowest BCUT2D eigenvalue weighted by molar-refractivity contribution is -0.131. The molecule has 0 atom stereocenters. The second-order valence-electron chi connectivity index (χ2n) is 7.41. The van der Waals surface area contributed by atoms with E-state index in [1.807, 2.05) is 24.3 Å². The summed E-state index contributed by atoms with van der Waals surface area (Å²) in [6, 6.07) is 18.9. The van der Waals surface area contributed by atoms with Crippen molar-refractivity contribution in [1.29, 1.82) is 0 Å². The molecule has 0 spiro atoms. The third-order valence-electron chi connectivity index (χ3n) is 5.00. The number of hydrogen-bond donors (Lipinski definition) is 2. The smallest absolute Gasteiger partial charge is 0.328 e. The van der Waals surface area contributed by atoms with Crippen molar-refractivity contribution < 1.29 is 19.0 Å². The molecule has 2 N–H and O–H groups in total. The van der Waals surface area contributed by atoms with E-state index in [0.717, 1.165) is 17.2 Å². The number of aromatic nitrogens is 3. The highest BCUT2D eigenvalue weighted by molar-refractivity contribution is 5.85. The van der Waals surface area contributed by atoms with Crippen molar-refractivity contribution in [3.63, 3.8) is 0 Å². The highest BCUT2D eigenvalue weighted by Crippen LogP contribution is 2.27. The number of carboxylic acid groups (broad SMARTS) is 1. The van der Waals surface area contributed by atoms with Gasteiger partial charge in [-0.3, -0.25) is 0 Å². The zero-order chi connectivity index (χ0) is 24.1. The van der Waals surface area contributed by atoms with Gasteiger partial charge in [0.25, 0.3) is 0 Å². The number of anilines is 2. The fourth-order valence-electron chi connectivity index (χ4n) is 3.27. The second-order valence-corrected chi connectivity index (χ2v) is 7.41. The van der Waals surface area contributed by atoms with E-state index < -0.39 is 5.97 Å². The molecule has 0 fully saturated rings. The summed E-state index contributed by atoms with van der Waals surface area (Å²) in [5, 5.41) is 11.9. The van der Waals surface area contributed by atoms with Crippen molar-refractivity contribution in [2.75, 3.05) is 12.4 Å². The molecule has 0 saturated heterocycles. The summed E-state index contributed by atoms with van der Waals surface area (Å²) in [6.07, 6.45) is 2.58. The van der Waals surface area contributed by atoms with Gasteiger partial charge in [0, 0.05) is 22.9 Å². The highest BCUT2D eigenvalue weighted by atomic mass is 19.1. The minimum absolute atomic E-state index is 0.313. The van der Waals surface area contributed by atoms with Crippen LogP contribution in [-0.2, 0) is 4.79 Å². The summed E-state index contributed by atoms with van der Waals surface area (Å²) in [4.78, 5) is 24.5. The Morgan fingerprint density at radius 3 is 2.32 bits per heavy atom. The van der Waals surface area contributed by atoms with E-state index >= 15 is 0 Å². The lowest BCUT2D eigenvalue weighted by Gasteiger charge is -2.11. The molecule has 0 unspecified atom stereocenters. The van der Waals surface area contributed by atoms with E-state index in [1.165, 1.54) is 18.2 Å². The summed E-state index contributed by atoms with van der Waals surface area (Å²) < 4.78 is 18.9. The number of carboxylic acids is 1. The van der Waals surface area contributed by atoms with Crippen molar-refractivity contribution in [1.82, 2.24) is 15.0 Å². The van der Waals surface area contributed by atoms with Crippen molar-refractivity contribution in [3.05, 3.63) is 89.8 Å². The quantitative estimate of drug-likeness (QED) is 0.354. The highest BCUT2D eigenvalue weighted by Gasteiger charge is 2.13. The van der Waals surface area contributed by atoms with Crippen LogP contribution in [0.3, 0.4) is 0 Å². The van der Waals surface area contributed by atoms with Gasteiger partial charge >= 0.3 is 5.97 Å². The van der Waals surface area contributed by atoms with Crippen LogP contribution < -0.4 is 10.1 Å². The first-order chi connectivity index (χ1) is 16.4. The van der Waals surface area contributed by atoms with E-state index in [0.29, 0.717) is 40.2 Å². The number of aliphatic carboxylic acids is 1. The first-order valence-corrected chi connectivity index (χ1v) is 10.4. The number of aryl methyl sites for hydroxylation is 1. The van der Waals surface area contributed by atoms with E-state index in [9.17, 15) is 9.18 Å². The number of methoxy groups -OCH3 is 1. The maximum Gasteiger partial charge on any atom is 0.328 e. The van der Waals surface area contributed by atoms with Crippen LogP contribution in [0.25, 0.3) is 28.9 Å². The fourth-order valence-corrected chi connectivity index (χ4v) is 3.27. The number of carbonyl (C=O) groups is 1. The average molecular weight is 456 g/mol. The predicted octanol–water partition coefficient (Wildman–Crippen LogP) is 5.50. The zero-order valence-electron chi connectivity index (χ0n) is 18.5. The monoisotopic (exact) mass is 456 g/mol. The third-order valence-corrected chi connectivity index (χ3v) is 5.00. The number of hydrogen-bond acceptors (Lipinski definition) is 6. The summed E-state index contributed by atoms with van der Waals surface area (Å²) in [5.74, 6) is 0.529. The topological polar surface area (TPSA) is 97.2 Å². The molecule has 1 aromatic heterocycles. The maximum atomic E-state index is 13.7. The molecule has 3 aromatic carbocycles. The Morgan fingerprint density at radius 2 is 1.68 bits per heavy atom. The van der Waals surface area contributed by atoms with Crippen LogP contribution in [0.5, 0.6) is 5.75 Å². The molecule has 0 aliphatic heterocycles. The van der Waals surface area contributed by atoms with Crippen LogP contribution in [0.1, 0.15) is 11.1 Å². The van der Waals surface area contributed by atoms with Gasteiger partial charge in [-0.15, -0.1) is 0 Å². The Balaban J connectivity index is 1.72. The largest absolute Gasteiger partial charge is 0.497 e. The summed E-state index contributed by atoms with van der Waals surface area (Å²) in [7, 11) is 1.60. The molecule has 1 heterocycles. The van der Waals surface area contributed by atoms with E-state index in [-0.39, 0.29) is 5.82 Å². The number of halogens is 1. The molecule has 0 aliphatic carbocycles. The Morgan fingerprint density at radius 1 is 0.971 bits per heavy atom. The molecule has 0 saturated carbocycles. The van der Waals surface area contributed by atoms with Gasteiger partial charge in [-0.2, -0.15) is 9.97 Å². The Kier molecular flexibility index (Phi) is 6.59. The van der Waals surface area contributed by atoms with Crippen molar-refractivity contribution in [3.8, 4) is 28.5 Å². The number of nitrogens with zero attached hydrogens (tertiary/aromatic N) is 3. The van der Waals surface area contributed by atoms with Crippen LogP contribution in [-0.4, -0.2) is 33.1 Å². The first kappa shape index (κ1) is 22.6. The lowest BCUT2D eigenvalue weighted by atomic mass is 10.1. The molecule has 34 heavy (non-hydrogen) atoms. The van der Waals surface area contributed by atoms with Gasteiger partial charge in [0.05, 0.1) is 7.11 Å². The van der Waals surface area contributed by atoms with Crippen LogP contribution in [0.15, 0.2) is 72.8 Å². The third kappa shape index (κ3) is 5.42. The number of nitrogens with one attached hydrogen (secondary N) is 1. The van der Waals surface area contributed by atoms with Crippen LogP contribution >= 0.6 is 0 Å².